The van der Waals surface area contributed by atoms with Gasteiger partial charge in [-0.2, -0.15) is 0 Å². The van der Waals surface area contributed by atoms with Crippen molar-refractivity contribution in [1.29, 1.82) is 0 Å². The molecule has 18 heavy (non-hydrogen) atoms. The van der Waals surface area contributed by atoms with E-state index in [1.807, 2.05) is 12.3 Å². The van der Waals surface area contributed by atoms with Crippen LogP contribution in [0.5, 0.6) is 5.75 Å². The minimum Gasteiger partial charge on any atom is -0.495 e. The number of ether oxygens (including phenoxy) is 2. The highest BCUT2D eigenvalue weighted by atomic mass is 16.5. The van der Waals surface area contributed by atoms with Gasteiger partial charge in [-0.3, -0.25) is 4.98 Å². The second kappa shape index (κ2) is 6.71. The van der Waals surface area contributed by atoms with Crippen molar-refractivity contribution in [3.8, 4) is 5.75 Å². The van der Waals surface area contributed by atoms with Gasteiger partial charge in [-0.15, -0.1) is 0 Å². The fourth-order valence-corrected chi connectivity index (χ4v) is 2.60. The van der Waals surface area contributed by atoms with E-state index < -0.39 is 0 Å². The van der Waals surface area contributed by atoms with Gasteiger partial charge in [0.25, 0.3) is 0 Å². The number of aromatic nitrogens is 1. The van der Waals surface area contributed by atoms with Crippen molar-refractivity contribution >= 4 is 0 Å². The highest BCUT2D eigenvalue weighted by Crippen LogP contribution is 2.33. The molecule has 1 N–H and O–H groups in total. The largest absolute Gasteiger partial charge is 0.495 e. The predicted octanol–water partition coefficient (Wildman–Crippen LogP) is 2.17. The fraction of sp³-hybridized carbons (Fsp3) is 0.643. The van der Waals surface area contributed by atoms with E-state index >= 15 is 0 Å². The molecule has 1 fully saturated rings. The van der Waals surface area contributed by atoms with Crippen molar-refractivity contribution < 1.29 is 9.47 Å². The Hall–Kier alpha value is -1.13. The Balaban J connectivity index is 2.22. The molecule has 2 rings (SSSR count). The molecule has 2 unspecified atom stereocenters. The Morgan fingerprint density at radius 2 is 2.50 bits per heavy atom. The number of hydrogen-bond donors (Lipinski definition) is 1. The van der Waals surface area contributed by atoms with Crippen molar-refractivity contribution in [3.05, 3.63) is 24.0 Å². The first kappa shape index (κ1) is 13.3. The predicted molar refractivity (Wildman–Crippen MR) is 70.7 cm³/mol. The van der Waals surface area contributed by atoms with Gasteiger partial charge >= 0.3 is 0 Å². The monoisotopic (exact) mass is 250 g/mol. The molecule has 1 aromatic rings. The van der Waals surface area contributed by atoms with Crippen LogP contribution in [0.2, 0.25) is 0 Å². The van der Waals surface area contributed by atoms with Crippen LogP contribution in [0.3, 0.4) is 0 Å². The smallest absolute Gasteiger partial charge is 0.141 e. The van der Waals surface area contributed by atoms with Gasteiger partial charge in [0.15, 0.2) is 0 Å². The first-order valence-corrected chi connectivity index (χ1v) is 6.65. The van der Waals surface area contributed by atoms with Crippen molar-refractivity contribution in [2.24, 2.45) is 5.92 Å². The molecule has 0 amide bonds. The Bertz CT molecular complexity index is 365. The number of methoxy groups -OCH3 is 1. The van der Waals surface area contributed by atoms with Crippen LogP contribution in [-0.2, 0) is 4.74 Å². The molecule has 0 aromatic carbocycles. The molecule has 4 nitrogen and oxygen atoms in total. The summed E-state index contributed by atoms with van der Waals surface area (Å²) in [4.78, 5) is 4.12. The molecule has 2 heterocycles. The zero-order chi connectivity index (χ0) is 12.8. The average molecular weight is 250 g/mol. The molecule has 0 saturated carbocycles. The van der Waals surface area contributed by atoms with Gasteiger partial charge in [-0.1, -0.05) is 6.92 Å². The molecule has 1 saturated heterocycles. The Morgan fingerprint density at radius 1 is 1.61 bits per heavy atom. The molecule has 0 spiro atoms. The van der Waals surface area contributed by atoms with Crippen LogP contribution in [0.15, 0.2) is 18.5 Å². The summed E-state index contributed by atoms with van der Waals surface area (Å²) in [7, 11) is 1.70. The maximum atomic E-state index is 5.61. The third-order valence-electron chi connectivity index (χ3n) is 3.46. The Morgan fingerprint density at radius 3 is 3.17 bits per heavy atom. The van der Waals surface area contributed by atoms with E-state index in [1.54, 1.807) is 13.3 Å². The van der Waals surface area contributed by atoms with E-state index in [0.717, 1.165) is 31.9 Å². The third-order valence-corrected chi connectivity index (χ3v) is 3.46. The number of pyridine rings is 1. The third kappa shape index (κ3) is 3.00. The van der Waals surface area contributed by atoms with Crippen molar-refractivity contribution in [3.63, 3.8) is 0 Å². The molecule has 100 valence electrons. The van der Waals surface area contributed by atoms with E-state index in [-0.39, 0.29) is 6.04 Å². The second-order valence-electron chi connectivity index (χ2n) is 4.63. The molecule has 1 aromatic heterocycles. The number of nitrogens with one attached hydrogen (secondary N) is 1. The summed E-state index contributed by atoms with van der Waals surface area (Å²) >= 11 is 0. The van der Waals surface area contributed by atoms with Crippen LogP contribution < -0.4 is 10.1 Å². The molecule has 2 atom stereocenters. The van der Waals surface area contributed by atoms with Crippen LogP contribution in [0, 0.1) is 5.92 Å². The first-order valence-electron chi connectivity index (χ1n) is 6.65. The fourth-order valence-electron chi connectivity index (χ4n) is 2.60. The minimum atomic E-state index is 0.285. The lowest BCUT2D eigenvalue weighted by Crippen LogP contribution is -2.33. The molecular formula is C14H22N2O2. The van der Waals surface area contributed by atoms with E-state index in [1.165, 1.54) is 12.0 Å². The van der Waals surface area contributed by atoms with Crippen molar-refractivity contribution in [1.82, 2.24) is 10.3 Å². The second-order valence-corrected chi connectivity index (χ2v) is 4.63. The topological polar surface area (TPSA) is 43.4 Å². The van der Waals surface area contributed by atoms with E-state index in [9.17, 15) is 0 Å². The average Bonchev–Trinajstić information content (AvgIpc) is 2.46. The summed E-state index contributed by atoms with van der Waals surface area (Å²) in [5.74, 6) is 1.36. The SMILES string of the molecule is CCNC(c1ccncc1OC)C1CCCOC1. The lowest BCUT2D eigenvalue weighted by molar-refractivity contribution is 0.0389. The van der Waals surface area contributed by atoms with Crippen molar-refractivity contribution in [2.45, 2.75) is 25.8 Å². The standard InChI is InChI=1S/C14H22N2O2/c1-3-16-14(11-5-4-8-18-10-11)12-6-7-15-9-13(12)17-2/h6-7,9,11,14,16H,3-5,8,10H2,1-2H3. The normalized spacial score (nSPS) is 21.6. The van der Waals surface area contributed by atoms with Crippen LogP contribution >= 0.6 is 0 Å². The Labute approximate surface area is 109 Å². The van der Waals surface area contributed by atoms with Crippen LogP contribution in [0.4, 0.5) is 0 Å². The highest BCUT2D eigenvalue weighted by Gasteiger charge is 2.27. The molecule has 0 bridgehead atoms. The van der Waals surface area contributed by atoms with Crippen LogP contribution in [0.25, 0.3) is 0 Å². The molecule has 1 aliphatic rings. The summed E-state index contributed by atoms with van der Waals surface area (Å²) in [5.41, 5.74) is 1.19. The maximum absolute atomic E-state index is 5.61. The quantitative estimate of drug-likeness (QED) is 0.869. The van der Waals surface area contributed by atoms with Gasteiger partial charge in [0.1, 0.15) is 5.75 Å². The van der Waals surface area contributed by atoms with Gasteiger partial charge in [0.2, 0.25) is 0 Å². The maximum Gasteiger partial charge on any atom is 0.141 e. The summed E-state index contributed by atoms with van der Waals surface area (Å²) in [6, 6.07) is 2.33. The highest BCUT2D eigenvalue weighted by molar-refractivity contribution is 5.33. The van der Waals surface area contributed by atoms with E-state index in [0.29, 0.717) is 5.92 Å². The van der Waals surface area contributed by atoms with Crippen molar-refractivity contribution in [2.75, 3.05) is 26.9 Å². The van der Waals surface area contributed by atoms with Gasteiger partial charge in [0, 0.05) is 30.3 Å². The molecule has 0 radical (unpaired) electrons. The molecule has 4 heteroatoms. The van der Waals surface area contributed by atoms with Gasteiger partial charge in [-0.25, -0.2) is 0 Å². The zero-order valence-corrected chi connectivity index (χ0v) is 11.2. The van der Waals surface area contributed by atoms with Crippen LogP contribution in [-0.4, -0.2) is 31.9 Å². The van der Waals surface area contributed by atoms with E-state index in [4.69, 9.17) is 9.47 Å². The van der Waals surface area contributed by atoms with Gasteiger partial charge < -0.3 is 14.8 Å². The lowest BCUT2D eigenvalue weighted by atomic mass is 9.88. The number of nitrogens with zero attached hydrogens (tertiary/aromatic N) is 1. The zero-order valence-electron chi connectivity index (χ0n) is 11.2. The summed E-state index contributed by atoms with van der Waals surface area (Å²) in [6.07, 6.45) is 5.94. The van der Waals surface area contributed by atoms with Gasteiger partial charge in [-0.05, 0) is 25.5 Å². The van der Waals surface area contributed by atoms with E-state index in [2.05, 4.69) is 17.2 Å². The number of hydrogen-bond acceptors (Lipinski definition) is 4. The number of rotatable bonds is 5. The molecule has 1 aliphatic heterocycles. The van der Waals surface area contributed by atoms with Crippen LogP contribution in [0.1, 0.15) is 31.4 Å². The van der Waals surface area contributed by atoms with Gasteiger partial charge in [0.05, 0.1) is 19.9 Å². The lowest BCUT2D eigenvalue weighted by Gasteiger charge is -2.31. The summed E-state index contributed by atoms with van der Waals surface area (Å²) < 4.78 is 11.0. The molecular weight excluding hydrogens is 228 g/mol. The summed E-state index contributed by atoms with van der Waals surface area (Å²) in [6.45, 7) is 4.78. The Kier molecular flexibility index (Phi) is 4.96. The minimum absolute atomic E-state index is 0.285. The first-order chi connectivity index (χ1) is 8.86. The molecule has 0 aliphatic carbocycles. The summed E-state index contributed by atoms with van der Waals surface area (Å²) in [5, 5.41) is 3.56.